The van der Waals surface area contributed by atoms with Gasteiger partial charge in [0.25, 0.3) is 5.56 Å². The fourth-order valence-corrected chi connectivity index (χ4v) is 6.60. The number of hydrogen-bond acceptors (Lipinski definition) is 6. The molecular weight excluding hydrogens is 553 g/mol. The van der Waals surface area contributed by atoms with Crippen LogP contribution in [-0.4, -0.2) is 28.3 Å². The Balaban J connectivity index is 1.51. The summed E-state index contributed by atoms with van der Waals surface area (Å²) in [5.41, 5.74) is 1.71. The summed E-state index contributed by atoms with van der Waals surface area (Å²) < 4.78 is 21.5. The molecule has 1 aliphatic rings. The second kappa shape index (κ2) is 10.1. The van der Waals surface area contributed by atoms with Crippen LogP contribution in [0.15, 0.2) is 56.9 Å². The second-order valence-electron chi connectivity index (χ2n) is 8.09. The van der Waals surface area contributed by atoms with Crippen molar-refractivity contribution in [1.29, 1.82) is 0 Å². The van der Waals surface area contributed by atoms with E-state index in [0.717, 1.165) is 43.0 Å². The normalized spacial score (nSPS) is 13.0. The largest absolute Gasteiger partial charge is 0.497 e. The van der Waals surface area contributed by atoms with Crippen LogP contribution in [0.5, 0.6) is 5.75 Å². The molecule has 0 atom stereocenters. The van der Waals surface area contributed by atoms with Gasteiger partial charge in [-0.15, -0.1) is 11.3 Å². The number of hydrogen-bond donors (Lipinski definition) is 1. The van der Waals surface area contributed by atoms with Crippen LogP contribution in [-0.2, 0) is 17.6 Å². The Bertz CT molecular complexity index is 1480. The number of nitrogens with one attached hydrogen (secondary N) is 1. The summed E-state index contributed by atoms with van der Waals surface area (Å²) in [6, 6.07) is 11.6. The number of thiophene rings is 1. The van der Waals surface area contributed by atoms with E-state index in [1.807, 2.05) is 0 Å². The molecule has 2 heterocycles. The number of methoxy groups -OCH3 is 1. The number of carbonyl (C=O) groups is 1. The van der Waals surface area contributed by atoms with E-state index in [4.69, 9.17) is 9.72 Å². The number of anilines is 1. The predicted molar refractivity (Wildman–Crippen MR) is 142 cm³/mol. The van der Waals surface area contributed by atoms with E-state index in [0.29, 0.717) is 31.3 Å². The van der Waals surface area contributed by atoms with Gasteiger partial charge >= 0.3 is 0 Å². The third-order valence-corrected chi connectivity index (χ3v) is 8.44. The van der Waals surface area contributed by atoms with Crippen molar-refractivity contribution in [3.63, 3.8) is 0 Å². The molecule has 10 heteroatoms. The highest BCUT2D eigenvalue weighted by Gasteiger charge is 2.23. The third-order valence-electron chi connectivity index (χ3n) is 5.83. The van der Waals surface area contributed by atoms with Crippen molar-refractivity contribution in [1.82, 2.24) is 9.55 Å². The molecule has 0 spiro atoms. The second-order valence-corrected chi connectivity index (χ2v) is 11.0. The van der Waals surface area contributed by atoms with Gasteiger partial charge in [0.1, 0.15) is 16.4 Å². The highest BCUT2D eigenvalue weighted by atomic mass is 79.9. The molecule has 1 N–H and O–H groups in total. The van der Waals surface area contributed by atoms with Gasteiger partial charge in [0, 0.05) is 9.35 Å². The number of nitrogens with zero attached hydrogens (tertiary/aromatic N) is 2. The van der Waals surface area contributed by atoms with Crippen LogP contribution >= 0.6 is 39.0 Å². The first-order valence-electron chi connectivity index (χ1n) is 11.0. The summed E-state index contributed by atoms with van der Waals surface area (Å²) in [6.45, 7) is 0. The molecule has 0 saturated carbocycles. The molecule has 0 saturated heterocycles. The first-order valence-corrected chi connectivity index (χ1v) is 13.6. The summed E-state index contributed by atoms with van der Waals surface area (Å²) in [5, 5.41) is 3.68. The van der Waals surface area contributed by atoms with Gasteiger partial charge in [0.15, 0.2) is 5.16 Å². The maximum absolute atomic E-state index is 14.1. The molecule has 180 valence electrons. The van der Waals surface area contributed by atoms with Crippen molar-refractivity contribution < 1.29 is 13.9 Å². The van der Waals surface area contributed by atoms with Crippen molar-refractivity contribution in [3.8, 4) is 11.4 Å². The zero-order valence-electron chi connectivity index (χ0n) is 18.8. The lowest BCUT2D eigenvalue weighted by atomic mass is 9.97. The molecule has 2 aromatic heterocycles. The maximum atomic E-state index is 14.1. The quantitative estimate of drug-likeness (QED) is 0.227. The van der Waals surface area contributed by atoms with Crippen molar-refractivity contribution in [2.24, 2.45) is 0 Å². The number of fused-ring (bicyclic) bond motifs is 3. The van der Waals surface area contributed by atoms with Gasteiger partial charge in [-0.2, -0.15) is 0 Å². The fourth-order valence-electron chi connectivity index (χ4n) is 4.15. The van der Waals surface area contributed by atoms with E-state index < -0.39 is 11.7 Å². The molecule has 0 aliphatic heterocycles. The number of aromatic nitrogens is 2. The molecule has 1 aliphatic carbocycles. The van der Waals surface area contributed by atoms with E-state index in [2.05, 4.69) is 21.2 Å². The van der Waals surface area contributed by atoms with Crippen LogP contribution in [0, 0.1) is 5.82 Å². The average molecular weight is 574 g/mol. The molecule has 5 rings (SSSR count). The smallest absolute Gasteiger partial charge is 0.267 e. The Morgan fingerprint density at radius 2 is 2.00 bits per heavy atom. The first kappa shape index (κ1) is 24.0. The minimum Gasteiger partial charge on any atom is -0.497 e. The Morgan fingerprint density at radius 1 is 1.23 bits per heavy atom. The SMILES string of the molecule is COc1ccc(-n2c(SCC(=O)Nc3ccc(Br)cc3F)nc3sc4c(c3c2=O)CCCC4)cc1. The Labute approximate surface area is 217 Å². The van der Waals surface area contributed by atoms with Gasteiger partial charge in [-0.05, 0) is 73.7 Å². The lowest BCUT2D eigenvalue weighted by molar-refractivity contribution is -0.113. The van der Waals surface area contributed by atoms with Crippen molar-refractivity contribution in [2.75, 3.05) is 18.2 Å². The van der Waals surface area contributed by atoms with Crippen molar-refractivity contribution in [3.05, 3.63) is 73.5 Å². The van der Waals surface area contributed by atoms with E-state index >= 15 is 0 Å². The molecular formula is C25H21BrFN3O3S2. The number of rotatable bonds is 6. The number of amides is 1. The number of benzene rings is 2. The number of carbonyl (C=O) groups excluding carboxylic acids is 1. The predicted octanol–water partition coefficient (Wildman–Crippen LogP) is 5.97. The van der Waals surface area contributed by atoms with Gasteiger partial charge in [-0.3, -0.25) is 14.2 Å². The topological polar surface area (TPSA) is 73.2 Å². The van der Waals surface area contributed by atoms with E-state index in [9.17, 15) is 14.0 Å². The van der Waals surface area contributed by atoms with Crippen LogP contribution in [0.25, 0.3) is 15.9 Å². The summed E-state index contributed by atoms with van der Waals surface area (Å²) >= 11 is 5.92. The number of ether oxygens (including phenoxy) is 1. The highest BCUT2D eigenvalue weighted by Crippen LogP contribution is 2.35. The fraction of sp³-hybridized carbons (Fsp3) is 0.240. The van der Waals surface area contributed by atoms with Crippen LogP contribution in [0.1, 0.15) is 23.3 Å². The Kier molecular flexibility index (Phi) is 6.95. The minimum absolute atomic E-state index is 0.0330. The van der Waals surface area contributed by atoms with E-state index in [1.54, 1.807) is 53.3 Å². The molecule has 1 amide bonds. The monoisotopic (exact) mass is 573 g/mol. The first-order chi connectivity index (χ1) is 16.9. The summed E-state index contributed by atoms with van der Waals surface area (Å²) in [6.07, 6.45) is 4.01. The van der Waals surface area contributed by atoms with Crippen LogP contribution in [0.2, 0.25) is 0 Å². The zero-order chi connectivity index (χ0) is 24.5. The molecule has 4 aromatic rings. The Hall–Kier alpha value is -2.69. The van der Waals surface area contributed by atoms with Crippen LogP contribution < -0.4 is 15.6 Å². The van der Waals surface area contributed by atoms with Crippen LogP contribution in [0.3, 0.4) is 0 Å². The summed E-state index contributed by atoms with van der Waals surface area (Å²) in [4.78, 5) is 33.2. The van der Waals surface area contributed by atoms with Gasteiger partial charge in [0.2, 0.25) is 5.91 Å². The zero-order valence-corrected chi connectivity index (χ0v) is 22.0. The van der Waals surface area contributed by atoms with Crippen LogP contribution in [0.4, 0.5) is 10.1 Å². The lowest BCUT2D eigenvalue weighted by Gasteiger charge is -2.14. The summed E-state index contributed by atoms with van der Waals surface area (Å²) in [7, 11) is 1.58. The molecule has 0 fully saturated rings. The maximum Gasteiger partial charge on any atom is 0.267 e. The number of thioether (sulfide) groups is 1. The van der Waals surface area contributed by atoms with Gasteiger partial charge in [-0.25, -0.2) is 9.37 Å². The molecule has 6 nitrogen and oxygen atoms in total. The van der Waals surface area contributed by atoms with Crippen molar-refractivity contribution in [2.45, 2.75) is 30.8 Å². The van der Waals surface area contributed by atoms with Gasteiger partial charge in [0.05, 0.1) is 29.6 Å². The molecule has 0 radical (unpaired) electrons. The lowest BCUT2D eigenvalue weighted by Crippen LogP contribution is -2.23. The highest BCUT2D eigenvalue weighted by molar-refractivity contribution is 9.10. The average Bonchev–Trinajstić information content (AvgIpc) is 3.23. The molecule has 35 heavy (non-hydrogen) atoms. The number of aryl methyl sites for hydroxylation is 2. The Morgan fingerprint density at radius 3 is 2.74 bits per heavy atom. The summed E-state index contributed by atoms with van der Waals surface area (Å²) in [5.74, 6) is -0.280. The van der Waals surface area contributed by atoms with E-state index in [-0.39, 0.29) is 17.0 Å². The number of halogens is 2. The minimum atomic E-state index is -0.531. The van der Waals surface area contributed by atoms with Gasteiger partial charge in [-0.1, -0.05) is 27.7 Å². The third kappa shape index (κ3) is 4.87. The molecule has 2 aromatic carbocycles. The molecule has 0 unspecified atom stereocenters. The van der Waals surface area contributed by atoms with E-state index in [1.165, 1.54) is 17.0 Å². The molecule has 0 bridgehead atoms. The van der Waals surface area contributed by atoms with Crippen molar-refractivity contribution >= 4 is 60.8 Å². The van der Waals surface area contributed by atoms with Gasteiger partial charge < -0.3 is 10.1 Å². The standard InChI is InChI=1S/C25H21BrFN3O3S2/c1-33-16-9-7-15(8-10-16)30-24(32)22-17-4-2-3-5-20(17)35-23(22)29-25(30)34-13-21(31)28-19-11-6-14(26)12-18(19)27/h6-12H,2-5,13H2,1H3,(H,28,31).